The third kappa shape index (κ3) is 3.77. The Labute approximate surface area is 158 Å². The summed E-state index contributed by atoms with van der Waals surface area (Å²) in [6.45, 7) is 3.01. The lowest BCUT2D eigenvalue weighted by Gasteiger charge is -2.32. The van der Waals surface area contributed by atoms with Gasteiger partial charge in [-0.15, -0.1) is 0 Å². The van der Waals surface area contributed by atoms with Crippen LogP contribution in [0, 0.1) is 5.92 Å². The van der Waals surface area contributed by atoms with E-state index in [1.807, 2.05) is 29.2 Å². The summed E-state index contributed by atoms with van der Waals surface area (Å²) < 4.78 is 0. The largest absolute Gasteiger partial charge is 0.342 e. The van der Waals surface area contributed by atoms with Crippen molar-refractivity contribution in [1.82, 2.24) is 14.9 Å². The quantitative estimate of drug-likeness (QED) is 0.718. The Morgan fingerprint density at radius 2 is 1.96 bits per heavy atom. The Morgan fingerprint density at radius 3 is 2.78 bits per heavy atom. The summed E-state index contributed by atoms with van der Waals surface area (Å²) in [6.07, 6.45) is 2.92. The highest BCUT2D eigenvalue weighted by molar-refractivity contribution is 5.99. The van der Waals surface area contributed by atoms with Crippen molar-refractivity contribution in [2.45, 2.75) is 26.2 Å². The number of nitrogens with one attached hydrogen (secondary N) is 1. The van der Waals surface area contributed by atoms with Crippen LogP contribution in [0.15, 0.2) is 48.5 Å². The predicted octanol–water partition coefficient (Wildman–Crippen LogP) is 3.86. The molecular formula is C22H23N3O2. The standard InChI is InChI=1S/C22H23N3O2/c1-15(26)17-7-4-8-18(13-17)22(27)25-11-5-6-16(14-25)12-21-23-19-9-2-3-10-20(19)24-21/h2-4,7-10,13,16H,5-6,11-12,14H2,1H3,(H,23,24). The molecule has 3 aromatic rings. The first-order valence-electron chi connectivity index (χ1n) is 9.44. The highest BCUT2D eigenvalue weighted by Crippen LogP contribution is 2.23. The second kappa shape index (κ2) is 7.35. The van der Waals surface area contributed by atoms with Gasteiger partial charge in [-0.3, -0.25) is 9.59 Å². The zero-order chi connectivity index (χ0) is 18.8. The molecule has 1 N–H and O–H groups in total. The molecule has 1 saturated heterocycles. The molecule has 0 radical (unpaired) electrons. The lowest BCUT2D eigenvalue weighted by molar-refractivity contribution is 0.0672. The van der Waals surface area contributed by atoms with Crippen LogP contribution in [0.5, 0.6) is 0 Å². The van der Waals surface area contributed by atoms with Gasteiger partial charge in [-0.1, -0.05) is 24.3 Å². The zero-order valence-electron chi connectivity index (χ0n) is 15.4. The predicted molar refractivity (Wildman–Crippen MR) is 105 cm³/mol. The number of aromatic nitrogens is 2. The number of amides is 1. The van der Waals surface area contributed by atoms with E-state index < -0.39 is 0 Å². The van der Waals surface area contributed by atoms with E-state index in [2.05, 4.69) is 9.97 Å². The Balaban J connectivity index is 1.46. The van der Waals surface area contributed by atoms with Gasteiger partial charge in [0.1, 0.15) is 5.82 Å². The first-order chi connectivity index (χ1) is 13.1. The van der Waals surface area contributed by atoms with Crippen LogP contribution in [-0.4, -0.2) is 39.6 Å². The van der Waals surface area contributed by atoms with Crippen molar-refractivity contribution in [3.05, 3.63) is 65.5 Å². The van der Waals surface area contributed by atoms with E-state index in [0.717, 1.165) is 49.2 Å². The normalized spacial score (nSPS) is 17.2. The SMILES string of the molecule is CC(=O)c1cccc(C(=O)N2CCCC(Cc3nc4ccccc4[nH]3)C2)c1. The molecule has 5 nitrogen and oxygen atoms in total. The van der Waals surface area contributed by atoms with Gasteiger partial charge in [-0.05, 0) is 49.9 Å². The van der Waals surface area contributed by atoms with Gasteiger partial charge in [-0.25, -0.2) is 4.98 Å². The first kappa shape index (κ1) is 17.5. The number of para-hydroxylation sites is 2. The van der Waals surface area contributed by atoms with Gasteiger partial charge in [0, 0.05) is 30.6 Å². The van der Waals surface area contributed by atoms with Crippen molar-refractivity contribution in [3.63, 3.8) is 0 Å². The minimum Gasteiger partial charge on any atom is -0.342 e. The smallest absolute Gasteiger partial charge is 0.253 e. The van der Waals surface area contributed by atoms with E-state index in [9.17, 15) is 9.59 Å². The molecule has 1 fully saturated rings. The van der Waals surface area contributed by atoms with Crippen LogP contribution >= 0.6 is 0 Å². The van der Waals surface area contributed by atoms with Crippen LogP contribution in [0.25, 0.3) is 11.0 Å². The topological polar surface area (TPSA) is 66.1 Å². The summed E-state index contributed by atoms with van der Waals surface area (Å²) in [5, 5.41) is 0. The average molecular weight is 361 g/mol. The van der Waals surface area contributed by atoms with Gasteiger partial charge < -0.3 is 9.88 Å². The Hall–Kier alpha value is -2.95. The van der Waals surface area contributed by atoms with E-state index in [1.54, 1.807) is 24.3 Å². The third-order valence-electron chi connectivity index (χ3n) is 5.24. The van der Waals surface area contributed by atoms with Gasteiger partial charge in [-0.2, -0.15) is 0 Å². The molecule has 0 bridgehead atoms. The number of ketones is 1. The van der Waals surface area contributed by atoms with Gasteiger partial charge in [0.15, 0.2) is 5.78 Å². The van der Waals surface area contributed by atoms with Crippen LogP contribution in [0.2, 0.25) is 0 Å². The fourth-order valence-electron chi connectivity index (χ4n) is 3.85. The number of hydrogen-bond donors (Lipinski definition) is 1. The van der Waals surface area contributed by atoms with Crippen LogP contribution < -0.4 is 0 Å². The number of carbonyl (C=O) groups excluding carboxylic acids is 2. The summed E-state index contributed by atoms with van der Waals surface area (Å²) in [6, 6.07) is 15.0. The van der Waals surface area contributed by atoms with Crippen molar-refractivity contribution in [3.8, 4) is 0 Å². The van der Waals surface area contributed by atoms with E-state index >= 15 is 0 Å². The van der Waals surface area contributed by atoms with E-state index in [1.165, 1.54) is 6.92 Å². The molecule has 138 valence electrons. The molecule has 1 aliphatic heterocycles. The summed E-state index contributed by atoms with van der Waals surface area (Å²) in [4.78, 5) is 34.5. The number of aromatic amines is 1. The maximum Gasteiger partial charge on any atom is 0.253 e. The highest BCUT2D eigenvalue weighted by atomic mass is 16.2. The molecule has 1 atom stereocenters. The fraction of sp³-hybridized carbons (Fsp3) is 0.318. The van der Waals surface area contributed by atoms with E-state index in [4.69, 9.17) is 0 Å². The Kier molecular flexibility index (Phi) is 4.75. The van der Waals surface area contributed by atoms with Crippen LogP contribution in [0.3, 0.4) is 0 Å². The lowest BCUT2D eigenvalue weighted by Crippen LogP contribution is -2.40. The number of hydrogen-bond acceptors (Lipinski definition) is 3. The van der Waals surface area contributed by atoms with Crippen molar-refractivity contribution >= 4 is 22.7 Å². The van der Waals surface area contributed by atoms with E-state index in [0.29, 0.717) is 17.0 Å². The van der Waals surface area contributed by atoms with Gasteiger partial charge in [0.05, 0.1) is 11.0 Å². The summed E-state index contributed by atoms with van der Waals surface area (Å²) >= 11 is 0. The number of imidazole rings is 1. The van der Waals surface area contributed by atoms with Crippen molar-refractivity contribution < 1.29 is 9.59 Å². The van der Waals surface area contributed by atoms with Crippen molar-refractivity contribution in [1.29, 1.82) is 0 Å². The van der Waals surface area contributed by atoms with Gasteiger partial charge in [0.25, 0.3) is 5.91 Å². The first-order valence-corrected chi connectivity index (χ1v) is 9.44. The fourth-order valence-corrected chi connectivity index (χ4v) is 3.85. The molecule has 2 aromatic carbocycles. The molecule has 27 heavy (non-hydrogen) atoms. The Bertz CT molecular complexity index is 959. The van der Waals surface area contributed by atoms with Gasteiger partial charge >= 0.3 is 0 Å². The molecule has 1 unspecified atom stereocenters. The maximum atomic E-state index is 12.9. The summed E-state index contributed by atoms with van der Waals surface area (Å²) in [7, 11) is 0. The molecule has 1 aliphatic rings. The maximum absolute atomic E-state index is 12.9. The second-order valence-electron chi connectivity index (χ2n) is 7.30. The zero-order valence-corrected chi connectivity index (χ0v) is 15.4. The number of benzene rings is 2. The number of Topliss-reactive ketones (excluding diaryl/α,β-unsaturated/α-hetero) is 1. The molecule has 5 heteroatoms. The minimum absolute atomic E-state index is 0.00686. The van der Waals surface area contributed by atoms with Crippen LogP contribution in [-0.2, 0) is 6.42 Å². The summed E-state index contributed by atoms with van der Waals surface area (Å²) in [5.74, 6) is 1.35. The molecule has 4 rings (SSSR count). The van der Waals surface area contributed by atoms with Gasteiger partial charge in [0.2, 0.25) is 0 Å². The number of carbonyl (C=O) groups is 2. The number of piperidine rings is 1. The summed E-state index contributed by atoms with van der Waals surface area (Å²) in [5.41, 5.74) is 3.21. The van der Waals surface area contributed by atoms with Crippen molar-refractivity contribution in [2.24, 2.45) is 5.92 Å². The number of likely N-dealkylation sites (tertiary alicyclic amines) is 1. The molecule has 2 heterocycles. The lowest BCUT2D eigenvalue weighted by atomic mass is 9.94. The molecular weight excluding hydrogens is 338 g/mol. The minimum atomic E-state index is -0.0222. The monoisotopic (exact) mass is 361 g/mol. The second-order valence-corrected chi connectivity index (χ2v) is 7.30. The Morgan fingerprint density at radius 1 is 1.15 bits per heavy atom. The van der Waals surface area contributed by atoms with Crippen LogP contribution in [0.4, 0.5) is 0 Å². The van der Waals surface area contributed by atoms with Crippen molar-refractivity contribution in [2.75, 3.05) is 13.1 Å². The highest BCUT2D eigenvalue weighted by Gasteiger charge is 2.25. The molecule has 0 saturated carbocycles. The average Bonchev–Trinajstić information content (AvgIpc) is 3.10. The number of rotatable bonds is 4. The molecule has 1 aromatic heterocycles. The molecule has 0 spiro atoms. The molecule has 1 amide bonds. The van der Waals surface area contributed by atoms with E-state index in [-0.39, 0.29) is 11.7 Å². The van der Waals surface area contributed by atoms with Crippen LogP contribution in [0.1, 0.15) is 46.3 Å². The number of nitrogens with zero attached hydrogens (tertiary/aromatic N) is 2. The molecule has 0 aliphatic carbocycles. The third-order valence-corrected chi connectivity index (χ3v) is 5.24. The number of H-pyrrole nitrogens is 1. The number of fused-ring (bicyclic) bond motifs is 1.